The van der Waals surface area contributed by atoms with Crippen molar-refractivity contribution >= 4 is 0 Å². The summed E-state index contributed by atoms with van der Waals surface area (Å²) in [7, 11) is 0. The van der Waals surface area contributed by atoms with Crippen LogP contribution in [-0.4, -0.2) is 23.5 Å². The zero-order valence-electron chi connectivity index (χ0n) is 13.1. The summed E-state index contributed by atoms with van der Waals surface area (Å²) in [5, 5.41) is 0. The van der Waals surface area contributed by atoms with Crippen LogP contribution in [-0.2, 0) is 6.54 Å². The van der Waals surface area contributed by atoms with Crippen LogP contribution in [0.25, 0.3) is 0 Å². The number of hydrogen-bond acceptors (Lipinski definition) is 2. The summed E-state index contributed by atoms with van der Waals surface area (Å²) in [6.45, 7) is 11.8. The summed E-state index contributed by atoms with van der Waals surface area (Å²) in [5.41, 5.74) is 8.96. The SMILES string of the molecule is CCCN(Cc1ccc(C)cc1)C(CC)(CC)CN. The van der Waals surface area contributed by atoms with Crippen LogP contribution in [0.2, 0.25) is 0 Å². The van der Waals surface area contributed by atoms with E-state index in [1.54, 1.807) is 0 Å². The second-order valence-electron chi connectivity index (χ2n) is 5.54. The van der Waals surface area contributed by atoms with E-state index in [0.29, 0.717) is 0 Å². The standard InChI is InChI=1S/C17H30N2/c1-5-12-19(17(6-2,7-3)14-18)13-16-10-8-15(4)9-11-16/h8-11H,5-7,12-14,18H2,1-4H3. The van der Waals surface area contributed by atoms with Crippen molar-refractivity contribution in [2.45, 2.75) is 59.0 Å². The Morgan fingerprint density at radius 3 is 2.05 bits per heavy atom. The predicted octanol–water partition coefficient (Wildman–Crippen LogP) is 3.72. The highest BCUT2D eigenvalue weighted by atomic mass is 15.2. The van der Waals surface area contributed by atoms with Crippen molar-refractivity contribution in [1.29, 1.82) is 0 Å². The Bertz CT molecular complexity index is 344. The van der Waals surface area contributed by atoms with Gasteiger partial charge in [0.05, 0.1) is 0 Å². The number of benzene rings is 1. The van der Waals surface area contributed by atoms with Crippen LogP contribution in [0.1, 0.15) is 51.2 Å². The summed E-state index contributed by atoms with van der Waals surface area (Å²) >= 11 is 0. The van der Waals surface area contributed by atoms with Gasteiger partial charge in [0, 0.05) is 18.6 Å². The third-order valence-electron chi connectivity index (χ3n) is 4.35. The fourth-order valence-electron chi connectivity index (χ4n) is 2.78. The molecule has 0 aliphatic heterocycles. The van der Waals surface area contributed by atoms with E-state index in [0.717, 1.165) is 32.5 Å². The van der Waals surface area contributed by atoms with Gasteiger partial charge in [-0.1, -0.05) is 50.6 Å². The van der Waals surface area contributed by atoms with E-state index >= 15 is 0 Å². The number of rotatable bonds is 8. The number of nitrogens with zero attached hydrogens (tertiary/aromatic N) is 1. The maximum atomic E-state index is 6.10. The van der Waals surface area contributed by atoms with Crippen molar-refractivity contribution in [3.05, 3.63) is 35.4 Å². The average molecular weight is 262 g/mol. The summed E-state index contributed by atoms with van der Waals surface area (Å²) < 4.78 is 0. The molecule has 108 valence electrons. The molecule has 19 heavy (non-hydrogen) atoms. The minimum atomic E-state index is 0.154. The number of nitrogens with two attached hydrogens (primary N) is 1. The smallest absolute Gasteiger partial charge is 0.0330 e. The van der Waals surface area contributed by atoms with Gasteiger partial charge in [0.25, 0.3) is 0 Å². The van der Waals surface area contributed by atoms with Crippen molar-refractivity contribution in [3.8, 4) is 0 Å². The van der Waals surface area contributed by atoms with E-state index < -0.39 is 0 Å². The number of hydrogen-bond donors (Lipinski definition) is 1. The second kappa shape index (κ2) is 7.66. The van der Waals surface area contributed by atoms with Crippen LogP contribution in [0.5, 0.6) is 0 Å². The first-order valence-electron chi connectivity index (χ1n) is 7.62. The molecule has 0 unspecified atom stereocenters. The fourth-order valence-corrected chi connectivity index (χ4v) is 2.78. The molecule has 0 aromatic heterocycles. The Balaban J connectivity index is 2.90. The topological polar surface area (TPSA) is 29.3 Å². The Hall–Kier alpha value is -0.860. The van der Waals surface area contributed by atoms with Crippen LogP contribution in [0.15, 0.2) is 24.3 Å². The Kier molecular flexibility index (Phi) is 6.53. The quantitative estimate of drug-likeness (QED) is 0.773. The lowest BCUT2D eigenvalue weighted by Gasteiger charge is -2.42. The van der Waals surface area contributed by atoms with Crippen LogP contribution < -0.4 is 5.73 Å². The second-order valence-corrected chi connectivity index (χ2v) is 5.54. The Morgan fingerprint density at radius 1 is 1.05 bits per heavy atom. The lowest BCUT2D eigenvalue weighted by Crippen LogP contribution is -2.53. The van der Waals surface area contributed by atoms with E-state index in [1.165, 1.54) is 17.5 Å². The predicted molar refractivity (Wildman–Crippen MR) is 84.2 cm³/mol. The molecule has 1 aromatic rings. The highest BCUT2D eigenvalue weighted by Gasteiger charge is 2.31. The molecule has 0 heterocycles. The summed E-state index contributed by atoms with van der Waals surface area (Å²) in [5.74, 6) is 0. The third kappa shape index (κ3) is 4.05. The lowest BCUT2D eigenvalue weighted by molar-refractivity contribution is 0.0766. The van der Waals surface area contributed by atoms with Crippen molar-refractivity contribution in [3.63, 3.8) is 0 Å². The summed E-state index contributed by atoms with van der Waals surface area (Å²) in [4.78, 5) is 2.58. The van der Waals surface area contributed by atoms with Gasteiger partial charge < -0.3 is 5.73 Å². The van der Waals surface area contributed by atoms with Gasteiger partial charge in [-0.15, -0.1) is 0 Å². The molecule has 0 spiro atoms. The molecule has 0 radical (unpaired) electrons. The van der Waals surface area contributed by atoms with Crippen molar-refractivity contribution in [1.82, 2.24) is 4.90 Å². The first-order chi connectivity index (χ1) is 9.11. The Morgan fingerprint density at radius 2 is 1.63 bits per heavy atom. The van der Waals surface area contributed by atoms with E-state index in [-0.39, 0.29) is 5.54 Å². The first-order valence-corrected chi connectivity index (χ1v) is 7.62. The van der Waals surface area contributed by atoms with Crippen LogP contribution in [0, 0.1) is 6.92 Å². The van der Waals surface area contributed by atoms with Gasteiger partial charge in [0.15, 0.2) is 0 Å². The van der Waals surface area contributed by atoms with Gasteiger partial charge in [0.2, 0.25) is 0 Å². The molecule has 2 N–H and O–H groups in total. The zero-order chi connectivity index (χ0) is 14.3. The first kappa shape index (κ1) is 16.2. The molecule has 0 aliphatic carbocycles. The van der Waals surface area contributed by atoms with E-state index in [4.69, 9.17) is 5.73 Å². The van der Waals surface area contributed by atoms with Gasteiger partial charge in [-0.25, -0.2) is 0 Å². The third-order valence-corrected chi connectivity index (χ3v) is 4.35. The normalized spacial score (nSPS) is 12.1. The van der Waals surface area contributed by atoms with Crippen LogP contribution >= 0.6 is 0 Å². The maximum Gasteiger partial charge on any atom is 0.0330 e. The largest absolute Gasteiger partial charge is 0.329 e. The maximum absolute atomic E-state index is 6.10. The molecule has 1 rings (SSSR count). The molecule has 0 amide bonds. The molecule has 0 saturated carbocycles. The molecule has 0 bridgehead atoms. The monoisotopic (exact) mass is 262 g/mol. The molecule has 2 heteroatoms. The van der Waals surface area contributed by atoms with Gasteiger partial charge in [-0.2, -0.15) is 0 Å². The molecule has 1 aromatic carbocycles. The van der Waals surface area contributed by atoms with Gasteiger partial charge in [-0.3, -0.25) is 4.90 Å². The minimum Gasteiger partial charge on any atom is -0.329 e. The molecular formula is C17H30N2. The molecule has 0 fully saturated rings. The number of aryl methyl sites for hydroxylation is 1. The molecule has 2 nitrogen and oxygen atoms in total. The zero-order valence-corrected chi connectivity index (χ0v) is 13.1. The van der Waals surface area contributed by atoms with Crippen LogP contribution in [0.3, 0.4) is 0 Å². The average Bonchev–Trinajstić information content (AvgIpc) is 2.44. The molecule has 0 atom stereocenters. The van der Waals surface area contributed by atoms with E-state index in [9.17, 15) is 0 Å². The summed E-state index contributed by atoms with van der Waals surface area (Å²) in [6, 6.07) is 8.87. The minimum absolute atomic E-state index is 0.154. The Labute approximate surface area is 119 Å². The van der Waals surface area contributed by atoms with Gasteiger partial charge >= 0.3 is 0 Å². The highest BCUT2D eigenvalue weighted by molar-refractivity contribution is 5.21. The van der Waals surface area contributed by atoms with E-state index in [1.807, 2.05) is 0 Å². The fraction of sp³-hybridized carbons (Fsp3) is 0.647. The van der Waals surface area contributed by atoms with Crippen molar-refractivity contribution < 1.29 is 0 Å². The van der Waals surface area contributed by atoms with Crippen LogP contribution in [0.4, 0.5) is 0 Å². The molecule has 0 saturated heterocycles. The highest BCUT2D eigenvalue weighted by Crippen LogP contribution is 2.25. The lowest BCUT2D eigenvalue weighted by atomic mass is 9.89. The van der Waals surface area contributed by atoms with Crippen molar-refractivity contribution in [2.75, 3.05) is 13.1 Å². The molecule has 0 aliphatic rings. The van der Waals surface area contributed by atoms with E-state index in [2.05, 4.69) is 56.9 Å². The van der Waals surface area contributed by atoms with Gasteiger partial charge in [0.1, 0.15) is 0 Å². The van der Waals surface area contributed by atoms with Gasteiger partial charge in [-0.05, 0) is 38.3 Å². The molecular weight excluding hydrogens is 232 g/mol. The van der Waals surface area contributed by atoms with Crippen molar-refractivity contribution in [2.24, 2.45) is 5.73 Å². The summed E-state index contributed by atoms with van der Waals surface area (Å²) in [6.07, 6.45) is 3.41.